The van der Waals surface area contributed by atoms with Gasteiger partial charge in [-0.05, 0) is 30.7 Å². The highest BCUT2D eigenvalue weighted by Crippen LogP contribution is 2.25. The van der Waals surface area contributed by atoms with E-state index in [1.807, 2.05) is 25.1 Å². The molecule has 0 aliphatic rings. The number of hydrogen-bond acceptors (Lipinski definition) is 5. The predicted molar refractivity (Wildman–Crippen MR) is 89.1 cm³/mol. The molecule has 0 saturated carbocycles. The van der Waals surface area contributed by atoms with E-state index < -0.39 is 5.97 Å². The number of carboxylic acid groups (broad SMARTS) is 1. The largest absolute Gasteiger partial charge is 0.480 e. The van der Waals surface area contributed by atoms with E-state index in [2.05, 4.69) is 31.6 Å². The molecule has 2 aromatic rings. The Balaban J connectivity index is 1.78. The minimum absolute atomic E-state index is 0.120. The monoisotopic (exact) mass is 398 g/mol. The zero-order chi connectivity index (χ0) is 16.8. The van der Waals surface area contributed by atoms with Gasteiger partial charge in [0.05, 0.1) is 18.5 Å². The van der Waals surface area contributed by atoms with Gasteiger partial charge < -0.3 is 10.4 Å². The van der Waals surface area contributed by atoms with Crippen LogP contribution in [0.4, 0.5) is 0 Å². The maximum atomic E-state index is 11.9. The van der Waals surface area contributed by atoms with Crippen LogP contribution in [0.3, 0.4) is 0 Å². The van der Waals surface area contributed by atoms with Gasteiger partial charge in [-0.1, -0.05) is 21.1 Å². The topological polar surface area (TPSA) is 97.1 Å². The maximum Gasteiger partial charge on any atom is 0.325 e. The second-order valence-corrected chi connectivity index (χ2v) is 6.71. The Morgan fingerprint density at radius 1 is 1.43 bits per heavy atom. The molecule has 2 N–H and O–H groups in total. The Morgan fingerprint density at radius 2 is 2.22 bits per heavy atom. The van der Waals surface area contributed by atoms with Gasteiger partial charge in [-0.3, -0.25) is 9.59 Å². The third-order valence-electron chi connectivity index (χ3n) is 2.85. The van der Waals surface area contributed by atoms with Crippen LogP contribution < -0.4 is 5.32 Å². The molecule has 0 spiro atoms. The number of aryl methyl sites for hydroxylation is 1. The number of carboxylic acids is 1. The molecular formula is C14H15BrN4O3S. The molecule has 0 aliphatic carbocycles. The molecule has 7 nitrogen and oxygen atoms in total. The van der Waals surface area contributed by atoms with Gasteiger partial charge in [-0.25, -0.2) is 4.68 Å². The molecule has 0 aliphatic heterocycles. The Hall–Kier alpha value is -1.87. The molecular weight excluding hydrogens is 384 g/mol. The van der Waals surface area contributed by atoms with Gasteiger partial charge in [0.2, 0.25) is 5.91 Å². The van der Waals surface area contributed by atoms with Crippen molar-refractivity contribution in [3.05, 3.63) is 40.1 Å². The number of hydrogen-bond donors (Lipinski definition) is 2. The number of carbonyl (C=O) groups excluding carboxylic acids is 1. The summed E-state index contributed by atoms with van der Waals surface area (Å²) in [5.74, 6) is -0.817. The molecule has 1 heterocycles. The van der Waals surface area contributed by atoms with Crippen LogP contribution in [0.1, 0.15) is 11.3 Å². The van der Waals surface area contributed by atoms with Crippen molar-refractivity contribution in [1.82, 2.24) is 20.3 Å². The number of nitrogens with zero attached hydrogens (tertiary/aromatic N) is 3. The minimum atomic E-state index is -0.994. The summed E-state index contributed by atoms with van der Waals surface area (Å²) in [6, 6.07) is 5.91. The fourth-order valence-corrected chi connectivity index (χ4v) is 3.11. The summed E-state index contributed by atoms with van der Waals surface area (Å²) in [7, 11) is 0. The molecule has 2 rings (SSSR count). The van der Waals surface area contributed by atoms with Crippen molar-refractivity contribution in [2.24, 2.45) is 0 Å². The molecule has 1 amide bonds. The summed E-state index contributed by atoms with van der Waals surface area (Å²) in [6.07, 6.45) is 1.50. The second-order valence-electron chi connectivity index (χ2n) is 4.78. The zero-order valence-electron chi connectivity index (χ0n) is 12.3. The normalized spacial score (nSPS) is 10.5. The van der Waals surface area contributed by atoms with Gasteiger partial charge in [0.15, 0.2) is 0 Å². The average Bonchev–Trinajstić information content (AvgIpc) is 2.91. The Bertz CT molecular complexity index is 720. The molecule has 0 radical (unpaired) electrons. The Kier molecular flexibility index (Phi) is 6.17. The molecule has 0 saturated heterocycles. The zero-order valence-corrected chi connectivity index (χ0v) is 14.7. The number of carbonyl (C=O) groups is 2. The van der Waals surface area contributed by atoms with Gasteiger partial charge >= 0.3 is 5.97 Å². The van der Waals surface area contributed by atoms with E-state index in [9.17, 15) is 9.59 Å². The van der Waals surface area contributed by atoms with E-state index in [0.717, 1.165) is 14.9 Å². The van der Waals surface area contributed by atoms with Crippen LogP contribution in [0, 0.1) is 6.92 Å². The summed E-state index contributed by atoms with van der Waals surface area (Å²) in [6.45, 7) is 1.96. The molecule has 0 bridgehead atoms. The standard InChI is InChI=1S/C14H15BrN4O3S/c1-9-4-10(15)2-3-12(9)23-8-13(20)16-5-11-6-19(18-17-11)7-14(21)22/h2-4,6H,5,7-8H2,1H3,(H,16,20)(H,21,22). The van der Waals surface area contributed by atoms with E-state index in [0.29, 0.717) is 11.4 Å². The van der Waals surface area contributed by atoms with Crippen LogP contribution in [-0.4, -0.2) is 37.7 Å². The van der Waals surface area contributed by atoms with Crippen molar-refractivity contribution in [3.8, 4) is 0 Å². The number of halogens is 1. The minimum Gasteiger partial charge on any atom is -0.480 e. The molecule has 1 aromatic heterocycles. The summed E-state index contributed by atoms with van der Waals surface area (Å²) in [5, 5.41) is 18.9. The fraction of sp³-hybridized carbons (Fsp3) is 0.286. The summed E-state index contributed by atoms with van der Waals surface area (Å²) >= 11 is 4.86. The lowest BCUT2D eigenvalue weighted by Gasteiger charge is -2.06. The lowest BCUT2D eigenvalue weighted by Crippen LogP contribution is -2.24. The van der Waals surface area contributed by atoms with E-state index in [4.69, 9.17) is 5.11 Å². The molecule has 0 unspecified atom stereocenters. The van der Waals surface area contributed by atoms with Crippen molar-refractivity contribution in [3.63, 3.8) is 0 Å². The van der Waals surface area contributed by atoms with Crippen molar-refractivity contribution in [1.29, 1.82) is 0 Å². The van der Waals surface area contributed by atoms with Crippen molar-refractivity contribution in [2.75, 3.05) is 5.75 Å². The van der Waals surface area contributed by atoms with Gasteiger partial charge in [-0.15, -0.1) is 16.9 Å². The maximum absolute atomic E-state index is 11.9. The number of nitrogens with one attached hydrogen (secondary N) is 1. The molecule has 0 fully saturated rings. The van der Waals surface area contributed by atoms with Crippen molar-refractivity contribution >= 4 is 39.6 Å². The highest BCUT2D eigenvalue weighted by atomic mass is 79.9. The fourth-order valence-electron chi connectivity index (χ4n) is 1.79. The van der Waals surface area contributed by atoms with Crippen molar-refractivity contribution in [2.45, 2.75) is 24.9 Å². The molecule has 1 aromatic carbocycles. The highest BCUT2D eigenvalue weighted by molar-refractivity contribution is 9.10. The van der Waals surface area contributed by atoms with Gasteiger partial charge in [0, 0.05) is 9.37 Å². The first-order valence-corrected chi connectivity index (χ1v) is 8.48. The summed E-state index contributed by atoms with van der Waals surface area (Å²) < 4.78 is 2.22. The quantitative estimate of drug-likeness (QED) is 0.690. The summed E-state index contributed by atoms with van der Waals surface area (Å²) in [4.78, 5) is 23.5. The van der Waals surface area contributed by atoms with Crippen LogP contribution in [-0.2, 0) is 22.7 Å². The number of benzene rings is 1. The van der Waals surface area contributed by atoms with E-state index in [1.165, 1.54) is 22.6 Å². The third kappa shape index (κ3) is 5.68. The third-order valence-corrected chi connectivity index (χ3v) is 4.51. The SMILES string of the molecule is Cc1cc(Br)ccc1SCC(=O)NCc1cn(CC(=O)O)nn1. The lowest BCUT2D eigenvalue weighted by atomic mass is 10.2. The predicted octanol–water partition coefficient (Wildman–Crippen LogP) is 1.84. The number of amides is 1. The molecule has 0 atom stereocenters. The lowest BCUT2D eigenvalue weighted by molar-refractivity contribution is -0.137. The Morgan fingerprint density at radius 3 is 2.91 bits per heavy atom. The van der Waals surface area contributed by atoms with Crippen LogP contribution in [0.5, 0.6) is 0 Å². The number of rotatable bonds is 7. The van der Waals surface area contributed by atoms with Gasteiger partial charge in [0.25, 0.3) is 0 Å². The second kappa shape index (κ2) is 8.11. The molecule has 23 heavy (non-hydrogen) atoms. The van der Waals surface area contributed by atoms with E-state index in [1.54, 1.807) is 0 Å². The first-order valence-electron chi connectivity index (χ1n) is 6.70. The number of aliphatic carboxylic acids is 1. The molecule has 9 heteroatoms. The highest BCUT2D eigenvalue weighted by Gasteiger charge is 2.08. The number of aromatic nitrogens is 3. The number of thioether (sulfide) groups is 1. The first kappa shape index (κ1) is 17.5. The van der Waals surface area contributed by atoms with Crippen LogP contribution >= 0.6 is 27.7 Å². The smallest absolute Gasteiger partial charge is 0.325 e. The van der Waals surface area contributed by atoms with E-state index in [-0.39, 0.29) is 19.0 Å². The van der Waals surface area contributed by atoms with Gasteiger partial charge in [0.1, 0.15) is 12.2 Å². The van der Waals surface area contributed by atoms with Crippen LogP contribution in [0.2, 0.25) is 0 Å². The van der Waals surface area contributed by atoms with Crippen molar-refractivity contribution < 1.29 is 14.7 Å². The van der Waals surface area contributed by atoms with Crippen LogP contribution in [0.15, 0.2) is 33.8 Å². The van der Waals surface area contributed by atoms with Crippen LogP contribution in [0.25, 0.3) is 0 Å². The van der Waals surface area contributed by atoms with Gasteiger partial charge in [-0.2, -0.15) is 0 Å². The first-order chi connectivity index (χ1) is 10.9. The van der Waals surface area contributed by atoms with E-state index >= 15 is 0 Å². The summed E-state index contributed by atoms with van der Waals surface area (Å²) in [5.41, 5.74) is 1.62. The Labute approximate surface area is 145 Å². The molecule has 122 valence electrons. The average molecular weight is 399 g/mol.